The second-order valence-electron chi connectivity index (χ2n) is 7.57. The first-order chi connectivity index (χ1) is 15.2. The zero-order valence-electron chi connectivity index (χ0n) is 18.2. The summed E-state index contributed by atoms with van der Waals surface area (Å²) in [5.74, 6) is 1.25. The maximum atomic E-state index is 12.6. The van der Waals surface area contributed by atoms with Crippen molar-refractivity contribution in [3.63, 3.8) is 0 Å². The molecule has 3 unspecified atom stereocenters. The van der Waals surface area contributed by atoms with Gasteiger partial charge in [-0.1, -0.05) is 0 Å². The Morgan fingerprint density at radius 2 is 2.09 bits per heavy atom. The molecule has 1 saturated heterocycles. The minimum Gasteiger partial charge on any atom is -0.490 e. The van der Waals surface area contributed by atoms with Crippen molar-refractivity contribution in [2.45, 2.75) is 37.9 Å². The highest BCUT2D eigenvalue weighted by Gasteiger charge is 2.50. The van der Waals surface area contributed by atoms with E-state index in [2.05, 4.69) is 5.32 Å². The molecule has 0 aromatic heterocycles. The van der Waals surface area contributed by atoms with Gasteiger partial charge >= 0.3 is 0 Å². The molecular formula is C22H25NO9. The van der Waals surface area contributed by atoms with Crippen LogP contribution in [0.3, 0.4) is 0 Å². The lowest BCUT2D eigenvalue weighted by atomic mass is 9.90. The van der Waals surface area contributed by atoms with Crippen LogP contribution in [0.5, 0.6) is 17.2 Å². The van der Waals surface area contributed by atoms with Gasteiger partial charge in [-0.05, 0) is 38.0 Å². The normalized spacial score (nSPS) is 24.6. The van der Waals surface area contributed by atoms with Gasteiger partial charge in [-0.2, -0.15) is 0 Å². The molecule has 0 bridgehead atoms. The standard InChI is InChI=1S/C22H25NO9/c1-6-15(24)23-13-9-12-7-8-14(19(27-4)18(12)30-11-29-10-13)31-21-17(26)16(25)20(28-5)22(2,3)32-21/h1,7-9,16,20-21,25H,10-11H2,2-5H3,(H,23,24). The molecule has 1 amide bonds. The molecule has 10 heteroatoms. The molecule has 10 nitrogen and oxygen atoms in total. The van der Waals surface area contributed by atoms with Gasteiger partial charge in [-0.3, -0.25) is 9.59 Å². The van der Waals surface area contributed by atoms with Gasteiger partial charge in [0, 0.05) is 18.4 Å². The summed E-state index contributed by atoms with van der Waals surface area (Å²) in [6.07, 6.45) is 3.05. The smallest absolute Gasteiger partial charge is 0.299 e. The van der Waals surface area contributed by atoms with E-state index in [1.54, 1.807) is 32.1 Å². The minimum atomic E-state index is -1.43. The third-order valence-corrected chi connectivity index (χ3v) is 4.98. The van der Waals surface area contributed by atoms with Crippen molar-refractivity contribution in [1.82, 2.24) is 5.32 Å². The van der Waals surface area contributed by atoms with E-state index in [1.165, 1.54) is 14.2 Å². The number of methoxy groups -OCH3 is 2. The molecule has 1 fully saturated rings. The van der Waals surface area contributed by atoms with Crippen molar-refractivity contribution < 1.29 is 43.1 Å². The van der Waals surface area contributed by atoms with Crippen molar-refractivity contribution >= 4 is 17.8 Å². The van der Waals surface area contributed by atoms with E-state index in [0.29, 0.717) is 11.3 Å². The van der Waals surface area contributed by atoms with E-state index in [9.17, 15) is 14.7 Å². The molecule has 0 spiro atoms. The highest BCUT2D eigenvalue weighted by atomic mass is 16.7. The monoisotopic (exact) mass is 447 g/mol. The quantitative estimate of drug-likeness (QED) is 0.625. The Hall–Kier alpha value is -3.10. The van der Waals surface area contributed by atoms with Crippen molar-refractivity contribution in [3.8, 4) is 29.6 Å². The number of amides is 1. The van der Waals surface area contributed by atoms with Crippen LogP contribution in [-0.2, 0) is 23.8 Å². The number of nitrogens with one attached hydrogen (secondary N) is 1. The van der Waals surface area contributed by atoms with Crippen LogP contribution in [0.15, 0.2) is 17.8 Å². The molecular weight excluding hydrogens is 422 g/mol. The largest absolute Gasteiger partial charge is 0.490 e. The number of carbonyl (C=O) groups excluding carboxylic acids is 2. The average Bonchev–Trinajstić information content (AvgIpc) is 2.74. The van der Waals surface area contributed by atoms with E-state index in [1.807, 2.05) is 5.92 Å². The van der Waals surface area contributed by atoms with Gasteiger partial charge in [-0.15, -0.1) is 6.42 Å². The highest BCUT2D eigenvalue weighted by Crippen LogP contribution is 2.43. The second-order valence-corrected chi connectivity index (χ2v) is 7.57. The number of aliphatic hydroxyl groups is 1. The Bertz CT molecular complexity index is 963. The fourth-order valence-electron chi connectivity index (χ4n) is 3.52. The van der Waals surface area contributed by atoms with E-state index >= 15 is 0 Å². The van der Waals surface area contributed by atoms with Crippen molar-refractivity contribution in [2.75, 3.05) is 27.6 Å². The lowest BCUT2D eigenvalue weighted by Gasteiger charge is -2.42. The van der Waals surface area contributed by atoms with Crippen LogP contribution in [0.2, 0.25) is 0 Å². The number of fused-ring (bicyclic) bond motifs is 1. The summed E-state index contributed by atoms with van der Waals surface area (Å²) >= 11 is 0. The van der Waals surface area contributed by atoms with Crippen LogP contribution in [0.25, 0.3) is 6.08 Å². The number of carbonyl (C=O) groups is 2. The molecule has 172 valence electrons. The van der Waals surface area contributed by atoms with Crippen molar-refractivity contribution in [2.24, 2.45) is 0 Å². The molecule has 32 heavy (non-hydrogen) atoms. The molecule has 1 aromatic rings. The number of aliphatic hydroxyl groups excluding tert-OH is 1. The summed E-state index contributed by atoms with van der Waals surface area (Å²) in [7, 11) is 2.79. The van der Waals surface area contributed by atoms with Crippen LogP contribution in [0, 0.1) is 12.3 Å². The minimum absolute atomic E-state index is 0.0749. The van der Waals surface area contributed by atoms with Crippen LogP contribution < -0.4 is 19.5 Å². The van der Waals surface area contributed by atoms with E-state index < -0.39 is 35.8 Å². The molecule has 1 aromatic carbocycles. The van der Waals surface area contributed by atoms with Crippen LogP contribution in [-0.4, -0.2) is 68.5 Å². The van der Waals surface area contributed by atoms with Gasteiger partial charge in [0.2, 0.25) is 11.5 Å². The predicted octanol–water partition coefficient (Wildman–Crippen LogP) is 0.611. The van der Waals surface area contributed by atoms with Gasteiger partial charge < -0.3 is 38.8 Å². The average molecular weight is 447 g/mol. The van der Waals surface area contributed by atoms with Crippen LogP contribution in [0.1, 0.15) is 19.4 Å². The molecule has 0 aliphatic carbocycles. The summed E-state index contributed by atoms with van der Waals surface area (Å²) in [5.41, 5.74) is -0.0177. The maximum absolute atomic E-state index is 12.6. The SMILES string of the molecule is C#CC(=O)NC1=Cc2ccc(OC3OC(C)(C)C(OC)C(O)C3=O)c(OC)c2OCOC1. The molecule has 2 heterocycles. The van der Waals surface area contributed by atoms with E-state index in [4.69, 9.17) is 34.8 Å². The number of ketones is 1. The molecule has 0 saturated carbocycles. The Morgan fingerprint density at radius 1 is 1.34 bits per heavy atom. The second kappa shape index (κ2) is 9.58. The molecule has 2 aliphatic heterocycles. The topological polar surface area (TPSA) is 122 Å². The third-order valence-electron chi connectivity index (χ3n) is 4.98. The van der Waals surface area contributed by atoms with Gasteiger partial charge in [-0.25, -0.2) is 0 Å². The Labute approximate surface area is 185 Å². The first kappa shape index (κ1) is 23.6. The number of hydrogen-bond acceptors (Lipinski definition) is 9. The fourth-order valence-corrected chi connectivity index (χ4v) is 3.52. The Balaban J connectivity index is 1.94. The van der Waals surface area contributed by atoms with Gasteiger partial charge in [0.05, 0.1) is 19.3 Å². The predicted molar refractivity (Wildman–Crippen MR) is 111 cm³/mol. The van der Waals surface area contributed by atoms with Crippen LogP contribution >= 0.6 is 0 Å². The molecule has 0 radical (unpaired) electrons. The Morgan fingerprint density at radius 3 is 2.75 bits per heavy atom. The first-order valence-corrected chi connectivity index (χ1v) is 9.70. The summed E-state index contributed by atoms with van der Waals surface area (Å²) in [6, 6.07) is 3.20. The maximum Gasteiger partial charge on any atom is 0.299 e. The summed E-state index contributed by atoms with van der Waals surface area (Å²) in [6.45, 7) is 3.30. The number of hydrogen-bond donors (Lipinski definition) is 2. The fraction of sp³-hybridized carbons (Fsp3) is 0.455. The summed E-state index contributed by atoms with van der Waals surface area (Å²) < 4.78 is 33.3. The third kappa shape index (κ3) is 4.71. The van der Waals surface area contributed by atoms with E-state index in [-0.39, 0.29) is 30.6 Å². The summed E-state index contributed by atoms with van der Waals surface area (Å²) in [5, 5.41) is 12.9. The molecule has 2 N–H and O–H groups in total. The first-order valence-electron chi connectivity index (χ1n) is 9.70. The summed E-state index contributed by atoms with van der Waals surface area (Å²) in [4.78, 5) is 24.2. The zero-order valence-corrected chi connectivity index (χ0v) is 18.2. The lowest BCUT2D eigenvalue weighted by Crippen LogP contribution is -2.62. The van der Waals surface area contributed by atoms with Gasteiger partial charge in [0.25, 0.3) is 12.2 Å². The number of ether oxygens (including phenoxy) is 6. The van der Waals surface area contributed by atoms with Gasteiger partial charge in [0.1, 0.15) is 12.2 Å². The van der Waals surface area contributed by atoms with E-state index in [0.717, 1.165) is 0 Å². The number of benzene rings is 1. The molecule has 2 aliphatic rings. The van der Waals surface area contributed by atoms with Crippen molar-refractivity contribution in [3.05, 3.63) is 23.4 Å². The van der Waals surface area contributed by atoms with Crippen LogP contribution in [0.4, 0.5) is 0 Å². The molecule has 3 rings (SSSR count). The lowest BCUT2D eigenvalue weighted by molar-refractivity contribution is -0.247. The number of rotatable bonds is 5. The number of terminal acetylenes is 1. The Kier molecular flexibility index (Phi) is 7.06. The number of Topliss-reactive ketones (excluding diaryl/α,β-unsaturated/α-hetero) is 1. The van der Waals surface area contributed by atoms with Crippen molar-refractivity contribution in [1.29, 1.82) is 0 Å². The van der Waals surface area contributed by atoms with Gasteiger partial charge in [0.15, 0.2) is 18.3 Å². The zero-order chi connectivity index (χ0) is 23.5. The molecule has 3 atom stereocenters. The highest BCUT2D eigenvalue weighted by molar-refractivity contribution is 5.94.